The monoisotopic (exact) mass is 328 g/mol. The zero-order valence-corrected chi connectivity index (χ0v) is 13.9. The number of nitrogens with zero attached hydrogens (tertiary/aromatic N) is 2. The van der Waals surface area contributed by atoms with Crippen molar-refractivity contribution in [3.63, 3.8) is 0 Å². The Morgan fingerprint density at radius 3 is 2.92 bits per heavy atom. The normalized spacial score (nSPS) is 23.6. The first-order valence-corrected chi connectivity index (χ1v) is 8.71. The molecule has 0 saturated carbocycles. The maximum Gasteiger partial charge on any atom is 0.137 e. The second kappa shape index (κ2) is 6.95. The second-order valence-corrected chi connectivity index (χ2v) is 6.99. The first-order chi connectivity index (χ1) is 11.8. The maximum atomic E-state index is 6.03. The van der Waals surface area contributed by atoms with E-state index >= 15 is 0 Å². The van der Waals surface area contributed by atoms with Crippen LogP contribution in [0.3, 0.4) is 0 Å². The lowest BCUT2D eigenvalue weighted by molar-refractivity contribution is 0.0461. The molecule has 2 aliphatic heterocycles. The summed E-state index contributed by atoms with van der Waals surface area (Å²) in [6, 6.07) is 7.83. The number of furan rings is 1. The Labute approximate surface area is 142 Å². The SMILES string of the molecule is c1cncc(OC[C@@H]2CC3(CCN(Cc4ccco4)CC3)CO2)c1. The molecule has 2 saturated heterocycles. The third-order valence-corrected chi connectivity index (χ3v) is 5.23. The number of aromatic nitrogens is 1. The zero-order chi connectivity index (χ0) is 16.2. The Morgan fingerprint density at radius 2 is 2.17 bits per heavy atom. The van der Waals surface area contributed by atoms with Crippen LogP contribution in [0.4, 0.5) is 0 Å². The van der Waals surface area contributed by atoms with E-state index in [9.17, 15) is 0 Å². The molecule has 0 bridgehead atoms. The highest BCUT2D eigenvalue weighted by Crippen LogP contribution is 2.42. The van der Waals surface area contributed by atoms with E-state index in [1.807, 2.05) is 18.2 Å². The van der Waals surface area contributed by atoms with Crippen molar-refractivity contribution in [1.82, 2.24) is 9.88 Å². The van der Waals surface area contributed by atoms with E-state index in [0.717, 1.165) is 44.2 Å². The van der Waals surface area contributed by atoms with E-state index in [2.05, 4.69) is 16.0 Å². The Balaban J connectivity index is 1.24. The van der Waals surface area contributed by atoms with Crippen LogP contribution in [-0.4, -0.2) is 42.3 Å². The molecule has 1 spiro atoms. The van der Waals surface area contributed by atoms with Crippen molar-refractivity contribution in [3.8, 4) is 5.75 Å². The van der Waals surface area contributed by atoms with Gasteiger partial charge in [0, 0.05) is 6.20 Å². The predicted octanol–water partition coefficient (Wildman–Crippen LogP) is 3.12. The van der Waals surface area contributed by atoms with Crippen LogP contribution >= 0.6 is 0 Å². The molecule has 5 heteroatoms. The fourth-order valence-electron chi connectivity index (χ4n) is 3.78. The molecular formula is C19H24N2O3. The minimum absolute atomic E-state index is 0.196. The number of ether oxygens (including phenoxy) is 2. The van der Waals surface area contributed by atoms with Gasteiger partial charge in [-0.2, -0.15) is 0 Å². The Hall–Kier alpha value is -1.85. The maximum absolute atomic E-state index is 6.03. The van der Waals surface area contributed by atoms with Crippen molar-refractivity contribution in [3.05, 3.63) is 48.7 Å². The average molecular weight is 328 g/mol. The molecular weight excluding hydrogens is 304 g/mol. The number of pyridine rings is 1. The third-order valence-electron chi connectivity index (χ3n) is 5.23. The minimum Gasteiger partial charge on any atom is -0.489 e. The highest BCUT2D eigenvalue weighted by molar-refractivity contribution is 5.15. The van der Waals surface area contributed by atoms with Crippen LogP contribution in [0.25, 0.3) is 0 Å². The van der Waals surface area contributed by atoms with E-state index in [4.69, 9.17) is 13.9 Å². The Bertz CT molecular complexity index is 621. The highest BCUT2D eigenvalue weighted by atomic mass is 16.5. The van der Waals surface area contributed by atoms with E-state index in [-0.39, 0.29) is 6.10 Å². The van der Waals surface area contributed by atoms with E-state index in [1.165, 1.54) is 12.8 Å². The van der Waals surface area contributed by atoms with Crippen LogP contribution in [0.5, 0.6) is 5.75 Å². The summed E-state index contributed by atoms with van der Waals surface area (Å²) in [4.78, 5) is 6.55. The number of likely N-dealkylation sites (tertiary alicyclic amines) is 1. The molecule has 0 unspecified atom stereocenters. The Kier molecular flexibility index (Phi) is 4.54. The van der Waals surface area contributed by atoms with Gasteiger partial charge in [0.15, 0.2) is 0 Å². The average Bonchev–Trinajstić information content (AvgIpc) is 3.27. The molecule has 5 nitrogen and oxygen atoms in total. The summed E-state index contributed by atoms with van der Waals surface area (Å²) in [5.41, 5.74) is 0.336. The summed E-state index contributed by atoms with van der Waals surface area (Å²) in [5.74, 6) is 1.87. The van der Waals surface area contributed by atoms with Crippen LogP contribution < -0.4 is 4.74 Å². The molecule has 1 atom stereocenters. The van der Waals surface area contributed by atoms with Gasteiger partial charge in [0.2, 0.25) is 0 Å². The summed E-state index contributed by atoms with van der Waals surface area (Å²) >= 11 is 0. The lowest BCUT2D eigenvalue weighted by Crippen LogP contribution is -2.40. The van der Waals surface area contributed by atoms with Gasteiger partial charge in [-0.05, 0) is 62.0 Å². The van der Waals surface area contributed by atoms with Crippen molar-refractivity contribution in [2.24, 2.45) is 5.41 Å². The first-order valence-electron chi connectivity index (χ1n) is 8.71. The molecule has 24 heavy (non-hydrogen) atoms. The highest BCUT2D eigenvalue weighted by Gasteiger charge is 2.42. The van der Waals surface area contributed by atoms with E-state index in [0.29, 0.717) is 12.0 Å². The molecule has 2 fully saturated rings. The molecule has 4 rings (SSSR count). The number of hydrogen-bond donors (Lipinski definition) is 0. The standard InChI is InChI=1S/C19H24N2O3/c1-3-16(12-20-7-1)23-14-18-11-19(15-24-18)5-8-21(9-6-19)13-17-4-2-10-22-17/h1-4,7,10,12,18H,5-6,8-9,11,13-15H2/t18-/m0/s1. The van der Waals surface area contributed by atoms with Gasteiger partial charge in [-0.3, -0.25) is 9.88 Å². The molecule has 2 aliphatic rings. The lowest BCUT2D eigenvalue weighted by atomic mass is 9.76. The first kappa shape index (κ1) is 15.7. The van der Waals surface area contributed by atoms with Crippen LogP contribution in [0.2, 0.25) is 0 Å². The zero-order valence-electron chi connectivity index (χ0n) is 13.9. The lowest BCUT2D eigenvalue weighted by Gasteiger charge is -2.38. The Morgan fingerprint density at radius 1 is 1.25 bits per heavy atom. The van der Waals surface area contributed by atoms with Gasteiger partial charge in [-0.1, -0.05) is 0 Å². The molecule has 2 aromatic rings. The van der Waals surface area contributed by atoms with Crippen molar-refractivity contribution < 1.29 is 13.9 Å². The second-order valence-electron chi connectivity index (χ2n) is 6.99. The molecule has 128 valence electrons. The molecule has 4 heterocycles. The topological polar surface area (TPSA) is 47.7 Å². The molecule has 0 amide bonds. The van der Waals surface area contributed by atoms with Gasteiger partial charge in [0.1, 0.15) is 18.1 Å². The van der Waals surface area contributed by atoms with Gasteiger partial charge in [-0.25, -0.2) is 0 Å². The van der Waals surface area contributed by atoms with Crippen LogP contribution in [0.15, 0.2) is 47.3 Å². The molecule has 2 aromatic heterocycles. The minimum atomic E-state index is 0.196. The largest absolute Gasteiger partial charge is 0.489 e. The fraction of sp³-hybridized carbons (Fsp3) is 0.526. The van der Waals surface area contributed by atoms with Gasteiger partial charge in [-0.15, -0.1) is 0 Å². The van der Waals surface area contributed by atoms with Crippen molar-refractivity contribution in [1.29, 1.82) is 0 Å². The number of hydrogen-bond acceptors (Lipinski definition) is 5. The summed E-state index contributed by atoms with van der Waals surface area (Å²) in [5, 5.41) is 0. The third kappa shape index (κ3) is 3.62. The van der Waals surface area contributed by atoms with Crippen molar-refractivity contribution in [2.75, 3.05) is 26.3 Å². The van der Waals surface area contributed by atoms with E-state index < -0.39 is 0 Å². The quantitative estimate of drug-likeness (QED) is 0.844. The van der Waals surface area contributed by atoms with Gasteiger partial charge >= 0.3 is 0 Å². The van der Waals surface area contributed by atoms with Crippen LogP contribution in [-0.2, 0) is 11.3 Å². The van der Waals surface area contributed by atoms with E-state index in [1.54, 1.807) is 18.7 Å². The molecule has 0 N–H and O–H groups in total. The van der Waals surface area contributed by atoms with Crippen molar-refractivity contribution >= 4 is 0 Å². The summed E-state index contributed by atoms with van der Waals surface area (Å²) in [6.07, 6.45) is 8.93. The van der Waals surface area contributed by atoms with Gasteiger partial charge in [0.25, 0.3) is 0 Å². The van der Waals surface area contributed by atoms with Gasteiger partial charge in [0.05, 0.1) is 31.7 Å². The predicted molar refractivity (Wildman–Crippen MR) is 89.7 cm³/mol. The van der Waals surface area contributed by atoms with Gasteiger partial charge < -0.3 is 13.9 Å². The molecule has 0 aromatic carbocycles. The molecule has 0 aliphatic carbocycles. The fourth-order valence-corrected chi connectivity index (χ4v) is 3.78. The van der Waals surface area contributed by atoms with Crippen molar-refractivity contribution in [2.45, 2.75) is 31.9 Å². The summed E-state index contributed by atoms with van der Waals surface area (Å²) in [6.45, 7) is 4.62. The molecule has 0 radical (unpaired) electrons. The smallest absolute Gasteiger partial charge is 0.137 e. The number of piperidine rings is 1. The summed E-state index contributed by atoms with van der Waals surface area (Å²) in [7, 11) is 0. The number of rotatable bonds is 5. The van der Waals surface area contributed by atoms with Crippen LogP contribution in [0, 0.1) is 5.41 Å². The summed E-state index contributed by atoms with van der Waals surface area (Å²) < 4.78 is 17.3. The van der Waals surface area contributed by atoms with Crippen LogP contribution in [0.1, 0.15) is 25.0 Å².